The van der Waals surface area contributed by atoms with E-state index in [1.807, 2.05) is 6.92 Å². The van der Waals surface area contributed by atoms with E-state index in [4.69, 9.17) is 0 Å². The Kier molecular flexibility index (Phi) is 5.48. The molecular weight excluding hydrogens is 249 g/mol. The van der Waals surface area contributed by atoms with Crippen LogP contribution in [0.3, 0.4) is 0 Å². The summed E-state index contributed by atoms with van der Waals surface area (Å²) in [5.74, 6) is -1.59. The fourth-order valence-electron chi connectivity index (χ4n) is 1.71. The summed E-state index contributed by atoms with van der Waals surface area (Å²) < 4.78 is 18.3. The van der Waals surface area contributed by atoms with Gasteiger partial charge in [0.15, 0.2) is 0 Å². The minimum atomic E-state index is -0.573. The van der Waals surface area contributed by atoms with Crippen LogP contribution in [-0.4, -0.2) is 37.0 Å². The van der Waals surface area contributed by atoms with E-state index in [1.54, 1.807) is 13.0 Å². The summed E-state index contributed by atoms with van der Waals surface area (Å²) in [7, 11) is 1.25. The van der Waals surface area contributed by atoms with Crippen molar-refractivity contribution in [2.45, 2.75) is 20.3 Å². The maximum Gasteiger partial charge on any atom is 0.325 e. The average Bonchev–Trinajstić information content (AvgIpc) is 2.37. The summed E-state index contributed by atoms with van der Waals surface area (Å²) in [6.07, 6.45) is 0.677. The molecule has 0 saturated heterocycles. The third kappa shape index (κ3) is 4.05. The lowest BCUT2D eigenvalue weighted by Gasteiger charge is -2.21. The number of rotatable bonds is 5. The number of aryl methyl sites for hydroxylation is 1. The minimum absolute atomic E-state index is 0.0250. The van der Waals surface area contributed by atoms with Crippen molar-refractivity contribution >= 4 is 11.9 Å². The van der Waals surface area contributed by atoms with Crippen molar-refractivity contribution in [1.29, 1.82) is 0 Å². The summed E-state index contributed by atoms with van der Waals surface area (Å²) in [5.41, 5.74) is 0.715. The normalized spacial score (nSPS) is 10.1. The number of benzene rings is 1. The molecule has 0 aromatic heterocycles. The molecular formula is C14H18FNO3. The van der Waals surface area contributed by atoms with Crippen LogP contribution in [0.1, 0.15) is 29.3 Å². The van der Waals surface area contributed by atoms with Crippen molar-refractivity contribution in [3.05, 3.63) is 35.1 Å². The zero-order valence-corrected chi connectivity index (χ0v) is 11.4. The van der Waals surface area contributed by atoms with E-state index < -0.39 is 17.7 Å². The topological polar surface area (TPSA) is 46.6 Å². The summed E-state index contributed by atoms with van der Waals surface area (Å²) in [6.45, 7) is 3.83. The lowest BCUT2D eigenvalue weighted by atomic mass is 10.1. The number of carbonyl (C=O) groups excluding carboxylic acids is 2. The zero-order chi connectivity index (χ0) is 14.4. The van der Waals surface area contributed by atoms with Crippen molar-refractivity contribution in [2.75, 3.05) is 20.2 Å². The summed E-state index contributed by atoms with van der Waals surface area (Å²) in [4.78, 5) is 24.7. The molecule has 0 unspecified atom stereocenters. The summed E-state index contributed by atoms with van der Waals surface area (Å²) >= 11 is 0. The van der Waals surface area contributed by atoms with Crippen molar-refractivity contribution in [3.63, 3.8) is 0 Å². The van der Waals surface area contributed by atoms with E-state index in [0.717, 1.165) is 5.56 Å². The van der Waals surface area contributed by atoms with Gasteiger partial charge in [0.05, 0.1) is 12.7 Å². The lowest BCUT2D eigenvalue weighted by Crippen LogP contribution is -2.37. The zero-order valence-electron chi connectivity index (χ0n) is 11.4. The summed E-state index contributed by atoms with van der Waals surface area (Å²) in [5, 5.41) is 0. The van der Waals surface area contributed by atoms with Crippen molar-refractivity contribution in [1.82, 2.24) is 4.90 Å². The molecule has 0 aliphatic rings. The maximum absolute atomic E-state index is 13.8. The first-order chi connectivity index (χ1) is 8.99. The second-order valence-corrected chi connectivity index (χ2v) is 4.29. The highest BCUT2D eigenvalue weighted by atomic mass is 19.1. The van der Waals surface area contributed by atoms with Gasteiger partial charge < -0.3 is 9.64 Å². The van der Waals surface area contributed by atoms with Crippen LogP contribution in [0.5, 0.6) is 0 Å². The largest absolute Gasteiger partial charge is 0.468 e. The van der Waals surface area contributed by atoms with Crippen LogP contribution in [-0.2, 0) is 9.53 Å². The Morgan fingerprint density at radius 3 is 2.58 bits per heavy atom. The number of amides is 1. The molecule has 1 aromatic carbocycles. The third-order valence-electron chi connectivity index (χ3n) is 2.68. The molecule has 1 rings (SSSR count). The monoisotopic (exact) mass is 267 g/mol. The maximum atomic E-state index is 13.8. The molecule has 0 aliphatic heterocycles. The highest BCUT2D eigenvalue weighted by molar-refractivity contribution is 5.96. The standard InChI is InChI=1S/C14H18FNO3/c1-4-7-16(9-13(17)19-3)14(18)11-6-5-10(2)8-12(11)15/h5-6,8H,4,7,9H2,1-3H3. The SMILES string of the molecule is CCCN(CC(=O)OC)C(=O)c1ccc(C)cc1F. The molecule has 5 heteroatoms. The van der Waals surface area contributed by atoms with Crippen molar-refractivity contribution in [3.8, 4) is 0 Å². The second-order valence-electron chi connectivity index (χ2n) is 4.29. The quantitative estimate of drug-likeness (QED) is 0.768. The van der Waals surface area contributed by atoms with Gasteiger partial charge in [-0.25, -0.2) is 4.39 Å². The molecule has 0 radical (unpaired) electrons. The average molecular weight is 267 g/mol. The van der Waals surface area contributed by atoms with E-state index in [9.17, 15) is 14.0 Å². The van der Waals surface area contributed by atoms with Crippen LogP contribution in [0, 0.1) is 12.7 Å². The van der Waals surface area contributed by atoms with Gasteiger partial charge in [-0.15, -0.1) is 0 Å². The molecule has 1 aromatic rings. The Balaban J connectivity index is 2.95. The Labute approximate surface area is 112 Å². The predicted octanol–water partition coefficient (Wildman–Crippen LogP) is 2.16. The van der Waals surface area contributed by atoms with Gasteiger partial charge in [0, 0.05) is 6.54 Å². The first kappa shape index (κ1) is 15.1. The molecule has 0 aliphatic carbocycles. The fraction of sp³-hybridized carbons (Fsp3) is 0.429. The Bertz CT molecular complexity index is 474. The van der Waals surface area contributed by atoms with Gasteiger partial charge in [-0.2, -0.15) is 0 Å². The lowest BCUT2D eigenvalue weighted by molar-refractivity contribution is -0.141. The Morgan fingerprint density at radius 2 is 2.05 bits per heavy atom. The molecule has 19 heavy (non-hydrogen) atoms. The number of methoxy groups -OCH3 is 1. The highest BCUT2D eigenvalue weighted by Gasteiger charge is 2.21. The molecule has 0 spiro atoms. The Morgan fingerprint density at radius 1 is 1.37 bits per heavy atom. The van der Waals surface area contributed by atoms with Crippen LogP contribution < -0.4 is 0 Å². The molecule has 0 bridgehead atoms. The number of nitrogens with zero attached hydrogens (tertiary/aromatic N) is 1. The number of carbonyl (C=O) groups is 2. The van der Waals surface area contributed by atoms with Crippen LogP contribution in [0.15, 0.2) is 18.2 Å². The predicted molar refractivity (Wildman–Crippen MR) is 69.3 cm³/mol. The van der Waals surface area contributed by atoms with Gasteiger partial charge in [-0.3, -0.25) is 9.59 Å². The van der Waals surface area contributed by atoms with Crippen LogP contribution in [0.4, 0.5) is 4.39 Å². The van der Waals surface area contributed by atoms with Gasteiger partial charge in [0.2, 0.25) is 0 Å². The molecule has 4 nitrogen and oxygen atoms in total. The number of ether oxygens (including phenoxy) is 1. The number of halogens is 1. The van der Waals surface area contributed by atoms with E-state index in [-0.39, 0.29) is 12.1 Å². The van der Waals surface area contributed by atoms with Crippen molar-refractivity contribution < 1.29 is 18.7 Å². The molecule has 0 fully saturated rings. The Hall–Kier alpha value is -1.91. The van der Waals surface area contributed by atoms with Crippen LogP contribution in [0.25, 0.3) is 0 Å². The highest BCUT2D eigenvalue weighted by Crippen LogP contribution is 2.13. The van der Waals surface area contributed by atoms with Gasteiger partial charge in [0.1, 0.15) is 12.4 Å². The molecule has 1 amide bonds. The third-order valence-corrected chi connectivity index (χ3v) is 2.68. The first-order valence-electron chi connectivity index (χ1n) is 6.11. The number of hydrogen-bond donors (Lipinski definition) is 0. The van der Waals surface area contributed by atoms with Gasteiger partial charge in [-0.1, -0.05) is 13.0 Å². The van der Waals surface area contributed by atoms with Crippen molar-refractivity contribution in [2.24, 2.45) is 0 Å². The first-order valence-corrected chi connectivity index (χ1v) is 6.11. The van der Waals surface area contributed by atoms with Crippen LogP contribution >= 0.6 is 0 Å². The van der Waals surface area contributed by atoms with Crippen LogP contribution in [0.2, 0.25) is 0 Å². The summed E-state index contributed by atoms with van der Waals surface area (Å²) in [6, 6.07) is 4.40. The molecule has 0 saturated carbocycles. The molecule has 0 N–H and O–H groups in total. The van der Waals surface area contributed by atoms with Gasteiger partial charge >= 0.3 is 5.97 Å². The van der Waals surface area contributed by atoms with Gasteiger partial charge in [-0.05, 0) is 31.0 Å². The smallest absolute Gasteiger partial charge is 0.325 e. The number of hydrogen-bond acceptors (Lipinski definition) is 3. The minimum Gasteiger partial charge on any atom is -0.468 e. The molecule has 104 valence electrons. The molecule has 0 heterocycles. The second kappa shape index (κ2) is 6.87. The van der Waals surface area contributed by atoms with E-state index in [0.29, 0.717) is 13.0 Å². The van der Waals surface area contributed by atoms with E-state index in [2.05, 4.69) is 4.74 Å². The van der Waals surface area contributed by atoms with Gasteiger partial charge in [0.25, 0.3) is 5.91 Å². The van der Waals surface area contributed by atoms with E-state index >= 15 is 0 Å². The molecule has 0 atom stereocenters. The fourth-order valence-corrected chi connectivity index (χ4v) is 1.71. The van der Waals surface area contributed by atoms with E-state index in [1.165, 1.54) is 24.1 Å². The number of esters is 1.